The van der Waals surface area contributed by atoms with E-state index in [0.29, 0.717) is 5.56 Å². The smallest absolute Gasteiger partial charge is 0.300 e. The highest BCUT2D eigenvalue weighted by Crippen LogP contribution is 2.11. The summed E-state index contributed by atoms with van der Waals surface area (Å²) in [5.41, 5.74) is 7.13. The maximum absolute atomic E-state index is 10.5. The van der Waals surface area contributed by atoms with Crippen LogP contribution >= 0.6 is 0 Å². The number of rotatable bonds is 3. The quantitative estimate of drug-likeness (QED) is 0.268. The number of guanidine groups is 1. The molecule has 0 aliphatic heterocycles. The van der Waals surface area contributed by atoms with Gasteiger partial charge in [-0.2, -0.15) is 5.10 Å². The zero-order chi connectivity index (χ0) is 15.5. The lowest BCUT2D eigenvalue weighted by Gasteiger charge is -1.93. The Morgan fingerprint density at radius 3 is 2.65 bits per heavy atom. The molecule has 0 radical (unpaired) electrons. The van der Waals surface area contributed by atoms with E-state index in [0.717, 1.165) is 6.92 Å². The number of nitro benzene ring substituents is 1. The van der Waals surface area contributed by atoms with Gasteiger partial charge in [-0.1, -0.05) is 12.1 Å². The van der Waals surface area contributed by atoms with E-state index in [-0.39, 0.29) is 11.6 Å². The highest BCUT2D eigenvalue weighted by molar-refractivity contribution is 5.82. The molecule has 0 bridgehead atoms. The number of nitrogens with zero attached hydrogens (tertiary/aromatic N) is 3. The maximum Gasteiger partial charge on any atom is 0.300 e. The summed E-state index contributed by atoms with van der Waals surface area (Å²) in [4.78, 5) is 18.9. The van der Waals surface area contributed by atoms with Gasteiger partial charge in [-0.25, -0.2) is 5.48 Å². The highest BCUT2D eigenvalue weighted by Gasteiger charge is 2.03. The number of nitrogens with two attached hydrogens (primary N) is 1. The molecule has 0 saturated heterocycles. The fraction of sp³-hybridized carbons (Fsp3) is 0.100. The lowest BCUT2D eigenvalue weighted by Crippen LogP contribution is -2.27. The average Bonchev–Trinajstić information content (AvgIpc) is 2.38. The maximum atomic E-state index is 10.5. The van der Waals surface area contributed by atoms with Gasteiger partial charge in [0.1, 0.15) is 0 Å². The van der Waals surface area contributed by atoms with Crippen molar-refractivity contribution in [3.63, 3.8) is 0 Å². The number of hydrogen-bond donors (Lipinski definition) is 4. The average molecular weight is 283 g/mol. The number of aliphatic carboxylic acids is 1. The zero-order valence-corrected chi connectivity index (χ0v) is 10.4. The number of carboxylic acids is 1. The number of nitro groups is 1. The molecule has 0 amide bonds. The van der Waals surface area contributed by atoms with E-state index in [9.17, 15) is 10.1 Å². The van der Waals surface area contributed by atoms with E-state index >= 15 is 0 Å². The first kappa shape index (κ1) is 17.0. The molecular weight excluding hydrogens is 270 g/mol. The van der Waals surface area contributed by atoms with E-state index in [4.69, 9.17) is 20.8 Å². The summed E-state index contributed by atoms with van der Waals surface area (Å²) in [5.74, 6) is -1.11. The number of carbonyl (C=O) groups is 1. The molecule has 0 spiro atoms. The minimum absolute atomic E-state index is 0.0406. The van der Waals surface area contributed by atoms with Crippen LogP contribution in [-0.4, -0.2) is 33.4 Å². The van der Waals surface area contributed by atoms with Crippen molar-refractivity contribution in [3.05, 3.63) is 39.9 Å². The van der Waals surface area contributed by atoms with E-state index in [1.54, 1.807) is 11.5 Å². The van der Waals surface area contributed by atoms with Gasteiger partial charge in [0.25, 0.3) is 11.7 Å². The topological polar surface area (TPSA) is 163 Å². The molecule has 0 fully saturated rings. The molecule has 0 atom stereocenters. The Labute approximate surface area is 113 Å². The lowest BCUT2D eigenvalue weighted by atomic mass is 10.2. The molecular formula is C10H13N5O5. The van der Waals surface area contributed by atoms with Gasteiger partial charge in [0.15, 0.2) is 0 Å². The molecule has 108 valence electrons. The Balaban J connectivity index is 0.000000796. The van der Waals surface area contributed by atoms with Crippen LogP contribution in [0.5, 0.6) is 0 Å². The first-order valence-corrected chi connectivity index (χ1v) is 5.07. The predicted octanol–water partition coefficient (Wildman–Crippen LogP) is 0.313. The number of hydroxylamine groups is 1. The van der Waals surface area contributed by atoms with Gasteiger partial charge in [0.2, 0.25) is 5.96 Å². The summed E-state index contributed by atoms with van der Waals surface area (Å²) in [6.07, 6.45) is 1.27. The Morgan fingerprint density at radius 1 is 1.55 bits per heavy atom. The second-order valence-electron chi connectivity index (χ2n) is 3.21. The molecule has 0 aliphatic rings. The molecule has 1 rings (SSSR count). The van der Waals surface area contributed by atoms with E-state index < -0.39 is 10.9 Å². The van der Waals surface area contributed by atoms with Crippen LogP contribution < -0.4 is 11.2 Å². The van der Waals surface area contributed by atoms with Crippen molar-refractivity contribution < 1.29 is 20.0 Å². The van der Waals surface area contributed by atoms with Crippen molar-refractivity contribution in [2.75, 3.05) is 0 Å². The monoisotopic (exact) mass is 283 g/mol. The first-order valence-electron chi connectivity index (χ1n) is 5.07. The Hall–Kier alpha value is -3.01. The number of benzene rings is 1. The van der Waals surface area contributed by atoms with Crippen molar-refractivity contribution in [1.82, 2.24) is 5.48 Å². The van der Waals surface area contributed by atoms with E-state index in [1.807, 2.05) is 0 Å². The number of non-ortho nitro benzene ring substituents is 1. The van der Waals surface area contributed by atoms with Crippen LogP contribution in [0.4, 0.5) is 5.69 Å². The normalized spacial score (nSPS) is 10.6. The van der Waals surface area contributed by atoms with Crippen LogP contribution in [0.2, 0.25) is 0 Å². The molecule has 0 heterocycles. The SMILES string of the molecule is CC(=O)O.N/C(=N/N=C/c1cccc([N+](=O)[O-])c1)NO. The van der Waals surface area contributed by atoms with Crippen molar-refractivity contribution in [2.24, 2.45) is 15.9 Å². The predicted molar refractivity (Wildman–Crippen MR) is 70.5 cm³/mol. The second kappa shape index (κ2) is 8.99. The van der Waals surface area contributed by atoms with Crippen LogP contribution in [0.25, 0.3) is 0 Å². The van der Waals surface area contributed by atoms with Gasteiger partial charge in [-0.15, -0.1) is 5.10 Å². The Morgan fingerprint density at radius 2 is 2.15 bits per heavy atom. The fourth-order valence-electron chi connectivity index (χ4n) is 0.899. The van der Waals surface area contributed by atoms with E-state index in [2.05, 4.69) is 10.2 Å². The van der Waals surface area contributed by atoms with Gasteiger partial charge >= 0.3 is 0 Å². The van der Waals surface area contributed by atoms with Crippen LogP contribution in [0.15, 0.2) is 34.5 Å². The minimum atomic E-state index is -0.833. The molecule has 0 aliphatic carbocycles. The zero-order valence-electron chi connectivity index (χ0n) is 10.4. The van der Waals surface area contributed by atoms with Crippen molar-refractivity contribution in [3.8, 4) is 0 Å². The minimum Gasteiger partial charge on any atom is -0.481 e. The molecule has 0 unspecified atom stereocenters. The lowest BCUT2D eigenvalue weighted by molar-refractivity contribution is -0.384. The number of nitrogens with one attached hydrogen (secondary N) is 1. The fourth-order valence-corrected chi connectivity index (χ4v) is 0.899. The third kappa shape index (κ3) is 8.14. The summed E-state index contributed by atoms with van der Waals surface area (Å²) in [5, 5.41) is 33.0. The third-order valence-corrected chi connectivity index (χ3v) is 1.57. The van der Waals surface area contributed by atoms with Gasteiger partial charge in [0, 0.05) is 24.6 Å². The Kier molecular flexibility index (Phi) is 7.64. The van der Waals surface area contributed by atoms with Crippen LogP contribution in [0, 0.1) is 10.1 Å². The summed E-state index contributed by atoms with van der Waals surface area (Å²) in [6, 6.07) is 5.84. The van der Waals surface area contributed by atoms with Gasteiger partial charge in [-0.05, 0) is 0 Å². The number of carboxylic acid groups (broad SMARTS) is 1. The molecule has 20 heavy (non-hydrogen) atoms. The van der Waals surface area contributed by atoms with Gasteiger partial charge in [0.05, 0.1) is 11.1 Å². The first-order chi connectivity index (χ1) is 9.36. The summed E-state index contributed by atoms with van der Waals surface area (Å²) in [7, 11) is 0. The second-order valence-corrected chi connectivity index (χ2v) is 3.21. The van der Waals surface area contributed by atoms with E-state index in [1.165, 1.54) is 24.4 Å². The third-order valence-electron chi connectivity index (χ3n) is 1.57. The Bertz CT molecular complexity index is 525. The summed E-state index contributed by atoms with van der Waals surface area (Å²) >= 11 is 0. The molecule has 10 heteroatoms. The molecule has 5 N–H and O–H groups in total. The molecule has 10 nitrogen and oxygen atoms in total. The van der Waals surface area contributed by atoms with Crippen LogP contribution in [0.1, 0.15) is 12.5 Å². The van der Waals surface area contributed by atoms with Gasteiger partial charge < -0.3 is 10.8 Å². The summed E-state index contributed by atoms with van der Waals surface area (Å²) in [6.45, 7) is 1.08. The van der Waals surface area contributed by atoms with Crippen molar-refractivity contribution in [1.29, 1.82) is 0 Å². The van der Waals surface area contributed by atoms with Crippen LogP contribution in [-0.2, 0) is 4.79 Å². The number of hydrogen-bond acceptors (Lipinski definition) is 6. The standard InChI is InChI=1S/C8H9N5O3.C2H4O2/c9-8(12-14)11-10-5-6-2-1-3-7(4-6)13(15)16;1-2(3)4/h1-5,14H,(H3,9,11,12);1H3,(H,3,4)/b10-5+;. The highest BCUT2D eigenvalue weighted by atomic mass is 16.6. The summed E-state index contributed by atoms with van der Waals surface area (Å²) < 4.78 is 0. The molecule has 0 saturated carbocycles. The van der Waals surface area contributed by atoms with Gasteiger partial charge in [-0.3, -0.25) is 20.1 Å². The largest absolute Gasteiger partial charge is 0.481 e. The van der Waals surface area contributed by atoms with Crippen LogP contribution in [0.3, 0.4) is 0 Å². The molecule has 0 aromatic heterocycles. The molecule has 1 aromatic carbocycles. The van der Waals surface area contributed by atoms with Crippen molar-refractivity contribution in [2.45, 2.75) is 6.92 Å². The van der Waals surface area contributed by atoms with Crippen molar-refractivity contribution >= 4 is 23.8 Å². The molecule has 1 aromatic rings.